The van der Waals surface area contributed by atoms with Crippen molar-refractivity contribution in [3.63, 3.8) is 0 Å². The lowest BCUT2D eigenvalue weighted by Gasteiger charge is -2.20. The Hall–Kier alpha value is -1.94. The number of hydrogen-bond donors (Lipinski definition) is 1. The zero-order valence-corrected chi connectivity index (χ0v) is 12.2. The molecule has 0 aliphatic carbocycles. The van der Waals surface area contributed by atoms with Crippen LogP contribution in [0.25, 0.3) is 0 Å². The molecule has 0 aliphatic rings. The monoisotopic (exact) mass is 291 g/mol. The number of aryl methyl sites for hydroxylation is 1. The molecule has 4 heteroatoms. The molecular formula is C17H19F2NO. The first-order chi connectivity index (χ1) is 10.1. The van der Waals surface area contributed by atoms with Gasteiger partial charge in [-0.25, -0.2) is 8.78 Å². The van der Waals surface area contributed by atoms with E-state index >= 15 is 0 Å². The van der Waals surface area contributed by atoms with Crippen LogP contribution in [0, 0.1) is 18.6 Å². The van der Waals surface area contributed by atoms with Crippen molar-refractivity contribution in [3.05, 3.63) is 65.2 Å². The van der Waals surface area contributed by atoms with Gasteiger partial charge in [0.25, 0.3) is 0 Å². The van der Waals surface area contributed by atoms with Crippen molar-refractivity contribution < 1.29 is 13.5 Å². The third kappa shape index (κ3) is 4.02. The molecule has 1 atom stereocenters. The maximum atomic E-state index is 13.9. The SMILES string of the molecule is CCNC(COc1cc(C)ccc1F)c1ccccc1F. The van der Waals surface area contributed by atoms with Gasteiger partial charge in [-0.3, -0.25) is 0 Å². The molecule has 0 aromatic heterocycles. The highest BCUT2D eigenvalue weighted by Gasteiger charge is 2.16. The van der Waals surface area contributed by atoms with Crippen molar-refractivity contribution in [3.8, 4) is 5.75 Å². The summed E-state index contributed by atoms with van der Waals surface area (Å²) in [6.07, 6.45) is 0. The zero-order valence-electron chi connectivity index (χ0n) is 12.2. The highest BCUT2D eigenvalue weighted by molar-refractivity contribution is 5.30. The molecule has 0 amide bonds. The number of ether oxygens (including phenoxy) is 1. The first-order valence-electron chi connectivity index (χ1n) is 6.98. The Balaban J connectivity index is 2.14. The van der Waals surface area contributed by atoms with Crippen LogP contribution in [-0.2, 0) is 0 Å². The second-order valence-corrected chi connectivity index (χ2v) is 4.88. The summed E-state index contributed by atoms with van der Waals surface area (Å²) in [6.45, 7) is 4.62. The molecular weight excluding hydrogens is 272 g/mol. The highest BCUT2D eigenvalue weighted by Crippen LogP contribution is 2.22. The summed E-state index contributed by atoms with van der Waals surface area (Å²) in [6, 6.07) is 10.9. The Morgan fingerprint density at radius 2 is 1.86 bits per heavy atom. The van der Waals surface area contributed by atoms with E-state index in [2.05, 4.69) is 5.32 Å². The number of halogens is 2. The van der Waals surface area contributed by atoms with E-state index in [1.54, 1.807) is 30.3 Å². The summed E-state index contributed by atoms with van der Waals surface area (Å²) < 4.78 is 33.1. The van der Waals surface area contributed by atoms with Crippen LogP contribution in [0.1, 0.15) is 24.1 Å². The molecule has 0 aliphatic heterocycles. The Kier molecular flexibility index (Phi) is 5.28. The Morgan fingerprint density at radius 3 is 2.57 bits per heavy atom. The minimum atomic E-state index is -0.413. The Bertz CT molecular complexity index is 601. The molecule has 0 spiro atoms. The van der Waals surface area contributed by atoms with E-state index in [1.165, 1.54) is 12.1 Å². The van der Waals surface area contributed by atoms with Crippen LogP contribution in [0.4, 0.5) is 8.78 Å². The summed E-state index contributed by atoms with van der Waals surface area (Å²) in [5, 5.41) is 3.16. The third-order valence-electron chi connectivity index (χ3n) is 3.22. The lowest BCUT2D eigenvalue weighted by molar-refractivity contribution is 0.254. The van der Waals surface area contributed by atoms with Gasteiger partial charge in [0.1, 0.15) is 12.4 Å². The largest absolute Gasteiger partial charge is 0.489 e. The van der Waals surface area contributed by atoms with Gasteiger partial charge in [0, 0.05) is 5.56 Å². The molecule has 0 radical (unpaired) electrons. The molecule has 0 saturated heterocycles. The number of likely N-dealkylation sites (N-methyl/N-ethyl adjacent to an activating group) is 1. The molecule has 1 N–H and O–H groups in total. The third-order valence-corrected chi connectivity index (χ3v) is 3.22. The predicted molar refractivity (Wildman–Crippen MR) is 79.4 cm³/mol. The van der Waals surface area contributed by atoms with E-state index in [4.69, 9.17) is 4.74 Å². The van der Waals surface area contributed by atoms with E-state index in [9.17, 15) is 8.78 Å². The molecule has 21 heavy (non-hydrogen) atoms. The zero-order chi connectivity index (χ0) is 15.2. The van der Waals surface area contributed by atoms with E-state index in [0.717, 1.165) is 5.56 Å². The number of rotatable bonds is 6. The van der Waals surface area contributed by atoms with Crippen LogP contribution < -0.4 is 10.1 Å². The lowest BCUT2D eigenvalue weighted by atomic mass is 10.1. The number of benzene rings is 2. The smallest absolute Gasteiger partial charge is 0.165 e. The van der Waals surface area contributed by atoms with Gasteiger partial charge in [-0.1, -0.05) is 31.2 Å². The van der Waals surface area contributed by atoms with Gasteiger partial charge < -0.3 is 10.1 Å². The highest BCUT2D eigenvalue weighted by atomic mass is 19.1. The van der Waals surface area contributed by atoms with Crippen molar-refractivity contribution in [2.45, 2.75) is 19.9 Å². The average Bonchev–Trinajstić information content (AvgIpc) is 2.47. The van der Waals surface area contributed by atoms with Crippen LogP contribution in [0.15, 0.2) is 42.5 Å². The van der Waals surface area contributed by atoms with E-state index in [-0.39, 0.29) is 24.2 Å². The topological polar surface area (TPSA) is 21.3 Å². The first-order valence-corrected chi connectivity index (χ1v) is 6.98. The average molecular weight is 291 g/mol. The standard InChI is InChI=1S/C17H19F2NO/c1-3-20-16(13-6-4-5-7-14(13)18)11-21-17-10-12(2)8-9-15(17)19/h4-10,16,20H,3,11H2,1-2H3. The summed E-state index contributed by atoms with van der Waals surface area (Å²) >= 11 is 0. The van der Waals surface area contributed by atoms with Gasteiger partial charge in [-0.2, -0.15) is 0 Å². The molecule has 2 aromatic rings. The maximum Gasteiger partial charge on any atom is 0.165 e. The van der Waals surface area contributed by atoms with Crippen molar-refractivity contribution >= 4 is 0 Å². The van der Waals surface area contributed by atoms with Gasteiger partial charge in [-0.15, -0.1) is 0 Å². The molecule has 1 unspecified atom stereocenters. The quantitative estimate of drug-likeness (QED) is 0.868. The van der Waals surface area contributed by atoms with Crippen LogP contribution in [0.2, 0.25) is 0 Å². The summed E-state index contributed by atoms with van der Waals surface area (Å²) in [7, 11) is 0. The van der Waals surface area contributed by atoms with Crippen molar-refractivity contribution in [2.24, 2.45) is 0 Å². The fourth-order valence-corrected chi connectivity index (χ4v) is 2.16. The Morgan fingerprint density at radius 1 is 1.10 bits per heavy atom. The summed E-state index contributed by atoms with van der Waals surface area (Å²) in [5.74, 6) is -0.518. The van der Waals surface area contributed by atoms with Crippen molar-refractivity contribution in [1.82, 2.24) is 5.32 Å². The lowest BCUT2D eigenvalue weighted by Crippen LogP contribution is -2.27. The van der Waals surface area contributed by atoms with Crippen molar-refractivity contribution in [1.29, 1.82) is 0 Å². The fraction of sp³-hybridized carbons (Fsp3) is 0.294. The first kappa shape index (κ1) is 15.4. The van der Waals surface area contributed by atoms with E-state index in [1.807, 2.05) is 13.8 Å². The summed E-state index contributed by atoms with van der Waals surface area (Å²) in [4.78, 5) is 0. The van der Waals surface area contributed by atoms with Crippen molar-refractivity contribution in [2.75, 3.05) is 13.2 Å². The van der Waals surface area contributed by atoms with E-state index < -0.39 is 5.82 Å². The molecule has 0 heterocycles. The van der Waals surface area contributed by atoms with Gasteiger partial charge in [-0.05, 0) is 37.2 Å². The number of nitrogens with one attached hydrogen (secondary N) is 1. The Labute approximate surface area is 123 Å². The maximum absolute atomic E-state index is 13.9. The molecule has 2 aromatic carbocycles. The van der Waals surface area contributed by atoms with Gasteiger partial charge >= 0.3 is 0 Å². The van der Waals surface area contributed by atoms with Crippen LogP contribution >= 0.6 is 0 Å². The van der Waals surface area contributed by atoms with Gasteiger partial charge in [0.05, 0.1) is 6.04 Å². The molecule has 112 valence electrons. The van der Waals surface area contributed by atoms with Crippen LogP contribution in [0.3, 0.4) is 0 Å². The minimum absolute atomic E-state index is 0.162. The molecule has 2 nitrogen and oxygen atoms in total. The van der Waals surface area contributed by atoms with Gasteiger partial charge in [0.2, 0.25) is 0 Å². The second-order valence-electron chi connectivity index (χ2n) is 4.88. The van der Waals surface area contributed by atoms with Crippen LogP contribution in [0.5, 0.6) is 5.75 Å². The predicted octanol–water partition coefficient (Wildman–Crippen LogP) is 4.00. The molecule has 0 saturated carbocycles. The summed E-state index contributed by atoms with van der Waals surface area (Å²) in [5.41, 5.74) is 1.43. The minimum Gasteiger partial charge on any atom is -0.489 e. The molecule has 0 bridgehead atoms. The molecule has 2 rings (SSSR count). The molecule has 0 fully saturated rings. The van der Waals surface area contributed by atoms with E-state index in [0.29, 0.717) is 12.1 Å². The number of hydrogen-bond acceptors (Lipinski definition) is 2. The van der Waals surface area contributed by atoms with Gasteiger partial charge in [0.15, 0.2) is 11.6 Å². The second kappa shape index (κ2) is 7.18. The van der Waals surface area contributed by atoms with Crippen LogP contribution in [-0.4, -0.2) is 13.2 Å². The fourth-order valence-electron chi connectivity index (χ4n) is 2.16. The normalized spacial score (nSPS) is 12.2.